The van der Waals surface area contributed by atoms with Crippen molar-refractivity contribution in [2.75, 3.05) is 24.6 Å². The van der Waals surface area contributed by atoms with Crippen LogP contribution in [0.3, 0.4) is 0 Å². The molecule has 1 aromatic carbocycles. The topological polar surface area (TPSA) is 55.6 Å². The van der Waals surface area contributed by atoms with Gasteiger partial charge in [0, 0.05) is 24.8 Å². The summed E-state index contributed by atoms with van der Waals surface area (Å²) in [6.07, 6.45) is 1.35. The van der Waals surface area contributed by atoms with Crippen molar-refractivity contribution in [3.8, 4) is 0 Å². The van der Waals surface area contributed by atoms with Gasteiger partial charge in [-0.3, -0.25) is 4.79 Å². The summed E-state index contributed by atoms with van der Waals surface area (Å²) in [5.41, 5.74) is 7.28. The van der Waals surface area contributed by atoms with Crippen LogP contribution in [0.1, 0.15) is 19.8 Å². The van der Waals surface area contributed by atoms with Crippen LogP contribution in [0.4, 0.5) is 5.69 Å². The maximum absolute atomic E-state index is 11.6. The van der Waals surface area contributed by atoms with Crippen molar-refractivity contribution in [2.24, 2.45) is 11.7 Å². The van der Waals surface area contributed by atoms with E-state index in [4.69, 9.17) is 10.5 Å². The normalized spacial score (nSPS) is 23.2. The van der Waals surface area contributed by atoms with Crippen molar-refractivity contribution in [2.45, 2.75) is 25.8 Å². The molecular weight excluding hydrogens is 240 g/mol. The van der Waals surface area contributed by atoms with E-state index in [0.29, 0.717) is 13.0 Å². The van der Waals surface area contributed by atoms with Gasteiger partial charge < -0.3 is 15.4 Å². The third-order valence-corrected chi connectivity index (χ3v) is 3.45. The van der Waals surface area contributed by atoms with Gasteiger partial charge >= 0.3 is 5.97 Å². The first-order chi connectivity index (χ1) is 9.19. The first kappa shape index (κ1) is 13.9. The van der Waals surface area contributed by atoms with Crippen molar-refractivity contribution < 1.29 is 9.53 Å². The summed E-state index contributed by atoms with van der Waals surface area (Å²) < 4.78 is 5.02. The zero-order valence-electron chi connectivity index (χ0n) is 11.4. The number of anilines is 1. The van der Waals surface area contributed by atoms with Gasteiger partial charge in [-0.2, -0.15) is 0 Å². The van der Waals surface area contributed by atoms with E-state index in [9.17, 15) is 4.79 Å². The van der Waals surface area contributed by atoms with Crippen LogP contribution in [0, 0.1) is 5.92 Å². The molecule has 0 saturated carbocycles. The lowest BCUT2D eigenvalue weighted by Crippen LogP contribution is -2.47. The van der Waals surface area contributed by atoms with E-state index < -0.39 is 0 Å². The number of esters is 1. The number of carbonyl (C=O) groups excluding carboxylic acids is 1. The van der Waals surface area contributed by atoms with Crippen LogP contribution in [0.15, 0.2) is 30.3 Å². The summed E-state index contributed by atoms with van der Waals surface area (Å²) in [4.78, 5) is 13.8. The van der Waals surface area contributed by atoms with Crippen LogP contribution in [0.2, 0.25) is 0 Å². The first-order valence-electron chi connectivity index (χ1n) is 6.90. The number of nitrogens with two attached hydrogens (primary N) is 1. The molecule has 2 rings (SSSR count). The average molecular weight is 262 g/mol. The molecule has 1 aliphatic rings. The molecule has 1 aromatic rings. The zero-order chi connectivity index (χ0) is 13.7. The fraction of sp³-hybridized carbons (Fsp3) is 0.533. The lowest BCUT2D eigenvalue weighted by atomic mass is 9.91. The summed E-state index contributed by atoms with van der Waals surface area (Å²) in [6, 6.07) is 10.3. The minimum absolute atomic E-state index is 0.116. The number of ether oxygens (including phenoxy) is 1. The second kappa shape index (κ2) is 6.57. The number of hydrogen-bond donors (Lipinski definition) is 1. The molecule has 1 fully saturated rings. The maximum atomic E-state index is 11.6. The largest absolute Gasteiger partial charge is 0.466 e. The Labute approximate surface area is 114 Å². The zero-order valence-corrected chi connectivity index (χ0v) is 11.4. The highest BCUT2D eigenvalue weighted by Crippen LogP contribution is 2.24. The van der Waals surface area contributed by atoms with Crippen molar-refractivity contribution in [3.05, 3.63) is 30.3 Å². The van der Waals surface area contributed by atoms with Gasteiger partial charge in [-0.15, -0.1) is 0 Å². The van der Waals surface area contributed by atoms with E-state index in [-0.39, 0.29) is 17.9 Å². The second-order valence-electron chi connectivity index (χ2n) is 5.11. The molecule has 0 amide bonds. The van der Waals surface area contributed by atoms with E-state index in [1.807, 2.05) is 25.1 Å². The predicted octanol–water partition coefficient (Wildman–Crippen LogP) is 1.79. The molecule has 4 nitrogen and oxygen atoms in total. The molecule has 0 radical (unpaired) electrons. The molecule has 1 heterocycles. The quantitative estimate of drug-likeness (QED) is 0.841. The van der Waals surface area contributed by atoms with Crippen molar-refractivity contribution in [1.29, 1.82) is 0 Å². The summed E-state index contributed by atoms with van der Waals surface area (Å²) in [6.45, 7) is 4.00. The van der Waals surface area contributed by atoms with Gasteiger partial charge in [0.1, 0.15) is 0 Å². The number of rotatable bonds is 4. The SMILES string of the molecule is CCOC(=O)CC1CC(N)CN(c2ccccc2)C1. The third-order valence-electron chi connectivity index (χ3n) is 3.45. The number of benzene rings is 1. The van der Waals surface area contributed by atoms with Crippen molar-refractivity contribution in [1.82, 2.24) is 0 Å². The highest BCUT2D eigenvalue weighted by Gasteiger charge is 2.27. The molecule has 2 unspecified atom stereocenters. The Morgan fingerprint density at radius 3 is 2.79 bits per heavy atom. The molecule has 0 aliphatic carbocycles. The minimum Gasteiger partial charge on any atom is -0.466 e. The van der Waals surface area contributed by atoms with Gasteiger partial charge in [-0.1, -0.05) is 18.2 Å². The standard InChI is InChI=1S/C15H22N2O2/c1-2-19-15(18)9-12-8-13(16)11-17(10-12)14-6-4-3-5-7-14/h3-7,12-13H,2,8-11,16H2,1H3. The number of para-hydroxylation sites is 1. The van der Waals surface area contributed by atoms with Gasteiger partial charge in [0.2, 0.25) is 0 Å². The van der Waals surface area contributed by atoms with E-state index in [1.54, 1.807) is 0 Å². The Balaban J connectivity index is 1.98. The molecule has 1 aliphatic heterocycles. The first-order valence-corrected chi connectivity index (χ1v) is 6.90. The van der Waals surface area contributed by atoms with E-state index in [0.717, 1.165) is 19.5 Å². The average Bonchev–Trinajstić information content (AvgIpc) is 2.39. The van der Waals surface area contributed by atoms with Crippen LogP contribution in [-0.4, -0.2) is 31.7 Å². The summed E-state index contributed by atoms with van der Waals surface area (Å²) >= 11 is 0. The van der Waals surface area contributed by atoms with Gasteiger partial charge in [0.15, 0.2) is 0 Å². The maximum Gasteiger partial charge on any atom is 0.306 e. The summed E-state index contributed by atoms with van der Waals surface area (Å²) in [7, 11) is 0. The summed E-state index contributed by atoms with van der Waals surface area (Å²) in [5, 5.41) is 0. The van der Waals surface area contributed by atoms with Crippen LogP contribution in [0.5, 0.6) is 0 Å². The highest BCUT2D eigenvalue weighted by atomic mass is 16.5. The Kier molecular flexibility index (Phi) is 4.80. The lowest BCUT2D eigenvalue weighted by Gasteiger charge is -2.37. The fourth-order valence-electron chi connectivity index (χ4n) is 2.70. The molecular formula is C15H22N2O2. The Morgan fingerprint density at radius 2 is 2.11 bits per heavy atom. The molecule has 1 saturated heterocycles. The number of carbonyl (C=O) groups is 1. The molecule has 0 bridgehead atoms. The lowest BCUT2D eigenvalue weighted by molar-refractivity contribution is -0.144. The van der Waals surface area contributed by atoms with Gasteiger partial charge in [-0.05, 0) is 31.4 Å². The molecule has 104 valence electrons. The van der Waals surface area contributed by atoms with Gasteiger partial charge in [-0.25, -0.2) is 0 Å². The molecule has 2 atom stereocenters. The van der Waals surface area contributed by atoms with Crippen molar-refractivity contribution in [3.63, 3.8) is 0 Å². The highest BCUT2D eigenvalue weighted by molar-refractivity contribution is 5.69. The van der Waals surface area contributed by atoms with Crippen LogP contribution < -0.4 is 10.6 Å². The predicted molar refractivity (Wildman–Crippen MR) is 76.0 cm³/mol. The molecule has 19 heavy (non-hydrogen) atoms. The van der Waals surface area contributed by atoms with E-state index in [1.165, 1.54) is 5.69 Å². The monoisotopic (exact) mass is 262 g/mol. The minimum atomic E-state index is -0.116. The Bertz CT molecular complexity index is 408. The van der Waals surface area contributed by atoms with E-state index in [2.05, 4.69) is 17.0 Å². The number of nitrogens with zero attached hydrogens (tertiary/aromatic N) is 1. The number of hydrogen-bond acceptors (Lipinski definition) is 4. The van der Waals surface area contributed by atoms with Crippen LogP contribution >= 0.6 is 0 Å². The summed E-state index contributed by atoms with van der Waals surface area (Å²) in [5.74, 6) is 0.164. The fourth-order valence-corrected chi connectivity index (χ4v) is 2.70. The molecule has 0 spiro atoms. The van der Waals surface area contributed by atoms with E-state index >= 15 is 0 Å². The smallest absolute Gasteiger partial charge is 0.306 e. The number of piperidine rings is 1. The van der Waals surface area contributed by atoms with Crippen LogP contribution in [0.25, 0.3) is 0 Å². The Morgan fingerprint density at radius 1 is 1.37 bits per heavy atom. The molecule has 0 aromatic heterocycles. The molecule has 4 heteroatoms. The third kappa shape index (κ3) is 3.96. The molecule has 2 N–H and O–H groups in total. The van der Waals surface area contributed by atoms with Crippen molar-refractivity contribution >= 4 is 11.7 Å². The second-order valence-corrected chi connectivity index (χ2v) is 5.11. The van der Waals surface area contributed by atoms with Crippen LogP contribution in [-0.2, 0) is 9.53 Å². The van der Waals surface area contributed by atoms with Gasteiger partial charge in [0.05, 0.1) is 13.0 Å². The Hall–Kier alpha value is -1.55. The van der Waals surface area contributed by atoms with Gasteiger partial charge in [0.25, 0.3) is 0 Å².